The van der Waals surface area contributed by atoms with Crippen molar-refractivity contribution in [3.63, 3.8) is 0 Å². The van der Waals surface area contributed by atoms with E-state index >= 15 is 0 Å². The Morgan fingerprint density at radius 1 is 1.18 bits per heavy atom. The summed E-state index contributed by atoms with van der Waals surface area (Å²) in [5.41, 5.74) is 6.10. The highest BCUT2D eigenvalue weighted by Crippen LogP contribution is 2.17. The first-order chi connectivity index (χ1) is 10.5. The largest absolute Gasteiger partial charge is 0.332 e. The number of fused-ring (bicyclic) bond motifs is 1. The molecule has 7 heteroatoms. The SMILES string of the molecule is CCc1nc2c(c(=O)n(CC)c(=O)n2C(C)CC)n1CCN. The van der Waals surface area contributed by atoms with Crippen molar-refractivity contribution >= 4 is 11.2 Å². The van der Waals surface area contributed by atoms with E-state index in [4.69, 9.17) is 5.73 Å². The zero-order valence-electron chi connectivity index (χ0n) is 13.8. The highest BCUT2D eigenvalue weighted by Gasteiger charge is 2.22. The normalized spacial score (nSPS) is 13.0. The van der Waals surface area contributed by atoms with Crippen LogP contribution in [0.3, 0.4) is 0 Å². The maximum Gasteiger partial charge on any atom is 0.332 e. The molecule has 1 atom stereocenters. The molecule has 0 amide bonds. The third-order valence-corrected chi connectivity index (χ3v) is 4.16. The van der Waals surface area contributed by atoms with Gasteiger partial charge >= 0.3 is 5.69 Å². The van der Waals surface area contributed by atoms with Gasteiger partial charge in [0.05, 0.1) is 0 Å². The molecule has 1 unspecified atom stereocenters. The third-order valence-electron chi connectivity index (χ3n) is 4.16. The Labute approximate surface area is 129 Å². The Balaban J connectivity index is 3.01. The van der Waals surface area contributed by atoms with E-state index in [0.29, 0.717) is 37.2 Å². The number of nitrogens with zero attached hydrogens (tertiary/aromatic N) is 4. The van der Waals surface area contributed by atoms with Crippen molar-refractivity contribution in [3.05, 3.63) is 26.7 Å². The molecule has 2 rings (SSSR count). The Bertz CT molecular complexity index is 784. The van der Waals surface area contributed by atoms with Crippen molar-refractivity contribution in [2.24, 2.45) is 5.73 Å². The van der Waals surface area contributed by atoms with Gasteiger partial charge < -0.3 is 10.3 Å². The van der Waals surface area contributed by atoms with Gasteiger partial charge in [-0.05, 0) is 20.3 Å². The summed E-state index contributed by atoms with van der Waals surface area (Å²) in [4.78, 5) is 29.9. The fraction of sp³-hybridized carbons (Fsp3) is 0.667. The summed E-state index contributed by atoms with van der Waals surface area (Å²) in [7, 11) is 0. The summed E-state index contributed by atoms with van der Waals surface area (Å²) < 4.78 is 4.79. The van der Waals surface area contributed by atoms with Crippen LogP contribution in [-0.2, 0) is 19.5 Å². The van der Waals surface area contributed by atoms with Crippen molar-refractivity contribution < 1.29 is 0 Å². The number of aromatic nitrogens is 4. The zero-order valence-corrected chi connectivity index (χ0v) is 13.8. The molecule has 7 nitrogen and oxygen atoms in total. The lowest BCUT2D eigenvalue weighted by Crippen LogP contribution is -2.41. The van der Waals surface area contributed by atoms with Gasteiger partial charge in [-0.15, -0.1) is 0 Å². The van der Waals surface area contributed by atoms with E-state index in [0.717, 1.165) is 12.2 Å². The minimum absolute atomic E-state index is 0.0145. The van der Waals surface area contributed by atoms with Gasteiger partial charge in [0.1, 0.15) is 5.82 Å². The lowest BCUT2D eigenvalue weighted by Gasteiger charge is -2.16. The predicted molar refractivity (Wildman–Crippen MR) is 87.4 cm³/mol. The molecule has 0 aromatic carbocycles. The van der Waals surface area contributed by atoms with Crippen LogP contribution in [0, 0.1) is 0 Å². The molecule has 2 aromatic heterocycles. The summed E-state index contributed by atoms with van der Waals surface area (Å²) in [5, 5.41) is 0. The maximum atomic E-state index is 12.7. The molecular weight excluding hydrogens is 282 g/mol. The van der Waals surface area contributed by atoms with Gasteiger partial charge in [-0.25, -0.2) is 9.78 Å². The van der Waals surface area contributed by atoms with Crippen LogP contribution in [-0.4, -0.2) is 25.2 Å². The van der Waals surface area contributed by atoms with E-state index in [1.807, 2.05) is 25.3 Å². The van der Waals surface area contributed by atoms with Crippen molar-refractivity contribution in [1.82, 2.24) is 18.7 Å². The molecule has 0 aliphatic heterocycles. The Morgan fingerprint density at radius 3 is 2.36 bits per heavy atom. The van der Waals surface area contributed by atoms with Crippen LogP contribution in [0.4, 0.5) is 0 Å². The smallest absolute Gasteiger partial charge is 0.329 e. The number of hydrogen-bond donors (Lipinski definition) is 1. The van der Waals surface area contributed by atoms with E-state index in [1.54, 1.807) is 11.5 Å². The fourth-order valence-corrected chi connectivity index (χ4v) is 2.80. The summed E-state index contributed by atoms with van der Waals surface area (Å²) in [6.45, 7) is 9.07. The van der Waals surface area contributed by atoms with Gasteiger partial charge in [-0.3, -0.25) is 13.9 Å². The third kappa shape index (κ3) is 2.39. The van der Waals surface area contributed by atoms with Crippen LogP contribution in [0.5, 0.6) is 0 Å². The van der Waals surface area contributed by atoms with Crippen LogP contribution in [0.2, 0.25) is 0 Å². The molecule has 22 heavy (non-hydrogen) atoms. The summed E-state index contributed by atoms with van der Waals surface area (Å²) >= 11 is 0. The number of imidazole rings is 1. The van der Waals surface area contributed by atoms with Crippen LogP contribution in [0.1, 0.15) is 46.0 Å². The minimum Gasteiger partial charge on any atom is -0.329 e. The standard InChI is InChI=1S/C15H25N5O2/c1-5-10(4)20-13-12(14(21)18(7-3)15(20)22)19(9-8-16)11(6-2)17-13/h10H,5-9,16H2,1-4H3. The fourth-order valence-electron chi connectivity index (χ4n) is 2.80. The molecular formula is C15H25N5O2. The van der Waals surface area contributed by atoms with Gasteiger partial charge in [0.15, 0.2) is 11.2 Å². The van der Waals surface area contributed by atoms with E-state index in [9.17, 15) is 9.59 Å². The first-order valence-electron chi connectivity index (χ1n) is 7.96. The van der Waals surface area contributed by atoms with Crippen molar-refractivity contribution in [1.29, 1.82) is 0 Å². The summed E-state index contributed by atoms with van der Waals surface area (Å²) in [6.07, 6.45) is 1.48. The molecule has 0 saturated heterocycles. The molecule has 2 N–H and O–H groups in total. The topological polar surface area (TPSA) is 87.8 Å². The van der Waals surface area contributed by atoms with E-state index in [1.165, 1.54) is 4.57 Å². The van der Waals surface area contributed by atoms with Crippen LogP contribution < -0.4 is 17.0 Å². The van der Waals surface area contributed by atoms with Crippen LogP contribution >= 0.6 is 0 Å². The molecule has 0 saturated carbocycles. The lowest BCUT2D eigenvalue weighted by atomic mass is 10.2. The van der Waals surface area contributed by atoms with Gasteiger partial charge in [-0.2, -0.15) is 0 Å². The van der Waals surface area contributed by atoms with Gasteiger partial charge in [0.2, 0.25) is 0 Å². The summed E-state index contributed by atoms with van der Waals surface area (Å²) in [6, 6.07) is -0.0145. The molecule has 122 valence electrons. The monoisotopic (exact) mass is 307 g/mol. The van der Waals surface area contributed by atoms with E-state index in [2.05, 4.69) is 4.98 Å². The number of hydrogen-bond acceptors (Lipinski definition) is 4. The second-order valence-corrected chi connectivity index (χ2v) is 5.45. The van der Waals surface area contributed by atoms with Gasteiger partial charge in [-0.1, -0.05) is 13.8 Å². The second-order valence-electron chi connectivity index (χ2n) is 5.45. The Morgan fingerprint density at radius 2 is 1.86 bits per heavy atom. The van der Waals surface area contributed by atoms with Crippen LogP contribution in [0.15, 0.2) is 9.59 Å². The molecule has 0 radical (unpaired) electrons. The molecule has 0 aliphatic carbocycles. The van der Waals surface area contributed by atoms with E-state index in [-0.39, 0.29) is 17.3 Å². The number of rotatable bonds is 6. The Kier molecular flexibility index (Phi) is 4.85. The zero-order chi connectivity index (χ0) is 16.4. The highest BCUT2D eigenvalue weighted by atomic mass is 16.2. The van der Waals surface area contributed by atoms with Crippen molar-refractivity contribution in [2.75, 3.05) is 6.54 Å². The molecule has 0 fully saturated rings. The average molecular weight is 307 g/mol. The number of aryl methyl sites for hydroxylation is 1. The lowest BCUT2D eigenvalue weighted by molar-refractivity contribution is 0.488. The molecule has 2 heterocycles. The van der Waals surface area contributed by atoms with E-state index < -0.39 is 0 Å². The quantitative estimate of drug-likeness (QED) is 0.858. The minimum atomic E-state index is -0.283. The maximum absolute atomic E-state index is 12.7. The second kappa shape index (κ2) is 6.48. The van der Waals surface area contributed by atoms with Crippen LogP contribution in [0.25, 0.3) is 11.2 Å². The predicted octanol–water partition coefficient (Wildman–Crippen LogP) is 0.872. The summed E-state index contributed by atoms with van der Waals surface area (Å²) in [5.74, 6) is 0.794. The van der Waals surface area contributed by atoms with Crippen molar-refractivity contribution in [2.45, 2.75) is 59.7 Å². The molecule has 0 aliphatic rings. The first-order valence-corrected chi connectivity index (χ1v) is 7.96. The first kappa shape index (κ1) is 16.5. The number of nitrogens with two attached hydrogens (primary N) is 1. The van der Waals surface area contributed by atoms with Gasteiger partial charge in [0, 0.05) is 32.1 Å². The molecule has 0 bridgehead atoms. The average Bonchev–Trinajstić information content (AvgIpc) is 2.86. The highest BCUT2D eigenvalue weighted by molar-refractivity contribution is 5.71. The Hall–Kier alpha value is -1.89. The molecule has 2 aromatic rings. The van der Waals surface area contributed by atoms with Gasteiger partial charge in [0.25, 0.3) is 5.56 Å². The molecule has 0 spiro atoms. The van der Waals surface area contributed by atoms with Crippen molar-refractivity contribution in [3.8, 4) is 0 Å².